The quantitative estimate of drug-likeness (QED) is 0.770. The lowest BCUT2D eigenvalue weighted by Gasteiger charge is -2.11. The maximum absolute atomic E-state index is 12.2. The molecule has 0 saturated carbocycles. The molecular weight excluding hydrogens is 280 g/mol. The second-order valence-electron chi connectivity index (χ2n) is 2.95. The van der Waals surface area contributed by atoms with Crippen LogP contribution in [-0.2, 0) is 0 Å². The maximum atomic E-state index is 12.2. The smallest absolute Gasteiger partial charge is 0.387 e. The first-order valence-electron chi connectivity index (χ1n) is 4.44. The summed E-state index contributed by atoms with van der Waals surface area (Å²) in [5.74, 6) is 0.0839. The summed E-state index contributed by atoms with van der Waals surface area (Å²) in [6, 6.07) is 3.44. The second-order valence-corrected chi connectivity index (χ2v) is 3.80. The van der Waals surface area contributed by atoms with E-state index in [0.717, 1.165) is 5.56 Å². The Balaban J connectivity index is 3.24. The second kappa shape index (κ2) is 5.75. The summed E-state index contributed by atoms with van der Waals surface area (Å²) < 4.78 is 29.4. The topological polar surface area (TPSA) is 21.6 Å². The van der Waals surface area contributed by atoms with Crippen molar-refractivity contribution in [3.8, 4) is 5.75 Å². The first kappa shape index (κ1) is 12.8. The molecule has 86 valence electrons. The zero-order valence-corrected chi connectivity index (χ0v) is 10.2. The van der Waals surface area contributed by atoms with E-state index in [9.17, 15) is 8.78 Å². The molecule has 0 aliphatic rings. The van der Waals surface area contributed by atoms with Gasteiger partial charge in [0.15, 0.2) is 0 Å². The van der Waals surface area contributed by atoms with Crippen LogP contribution in [0.15, 0.2) is 34.4 Å². The van der Waals surface area contributed by atoms with E-state index in [4.69, 9.17) is 0 Å². The predicted octanol–water partition coefficient (Wildman–Crippen LogP) is 3.92. The molecule has 0 atom stereocenters. The number of benzene rings is 1. The largest absolute Gasteiger partial charge is 0.433 e. The Kier molecular flexibility index (Phi) is 4.61. The summed E-state index contributed by atoms with van der Waals surface area (Å²) in [6.45, 7) is 2.34. The van der Waals surface area contributed by atoms with Crippen molar-refractivity contribution < 1.29 is 13.5 Å². The fourth-order valence-electron chi connectivity index (χ4n) is 1.17. The minimum Gasteiger partial charge on any atom is -0.433 e. The zero-order valence-electron chi connectivity index (χ0n) is 8.58. The van der Waals surface area contributed by atoms with E-state index in [1.54, 1.807) is 19.1 Å². The van der Waals surface area contributed by atoms with Crippen molar-refractivity contribution in [3.05, 3.63) is 40.5 Å². The van der Waals surface area contributed by atoms with Crippen molar-refractivity contribution in [1.29, 1.82) is 0 Å². The van der Waals surface area contributed by atoms with Crippen LogP contribution in [0.3, 0.4) is 0 Å². The highest BCUT2D eigenvalue weighted by Crippen LogP contribution is 2.31. The maximum Gasteiger partial charge on any atom is 0.387 e. The van der Waals surface area contributed by atoms with Crippen molar-refractivity contribution >= 4 is 22.1 Å². The zero-order chi connectivity index (χ0) is 12.1. The van der Waals surface area contributed by atoms with Crippen molar-refractivity contribution in [2.24, 2.45) is 4.99 Å². The molecule has 0 fully saturated rings. The number of aliphatic imine (C=N–C) groups is 1. The SMILES string of the molecule is C=CN=Cc1c(C)ccc(Br)c1OC(F)F. The monoisotopic (exact) mass is 289 g/mol. The molecule has 0 spiro atoms. The van der Waals surface area contributed by atoms with Gasteiger partial charge < -0.3 is 4.74 Å². The highest BCUT2D eigenvalue weighted by atomic mass is 79.9. The molecule has 0 aliphatic heterocycles. The molecule has 0 bridgehead atoms. The van der Waals surface area contributed by atoms with Gasteiger partial charge in [-0.2, -0.15) is 8.78 Å². The average Bonchev–Trinajstić information content (AvgIpc) is 2.22. The molecule has 0 aromatic heterocycles. The number of halogens is 3. The predicted molar refractivity (Wildman–Crippen MR) is 63.3 cm³/mol. The Morgan fingerprint density at radius 1 is 1.50 bits per heavy atom. The van der Waals surface area contributed by atoms with Gasteiger partial charge in [0.1, 0.15) is 5.75 Å². The molecule has 1 aromatic carbocycles. The molecule has 16 heavy (non-hydrogen) atoms. The summed E-state index contributed by atoms with van der Waals surface area (Å²) in [5.41, 5.74) is 1.30. The first-order chi connectivity index (χ1) is 7.56. The summed E-state index contributed by atoms with van der Waals surface area (Å²) in [6.07, 6.45) is 2.76. The lowest BCUT2D eigenvalue weighted by molar-refractivity contribution is -0.0504. The van der Waals surface area contributed by atoms with Crippen molar-refractivity contribution in [3.63, 3.8) is 0 Å². The fourth-order valence-corrected chi connectivity index (χ4v) is 1.61. The van der Waals surface area contributed by atoms with E-state index in [1.807, 2.05) is 0 Å². The van der Waals surface area contributed by atoms with Crippen LogP contribution >= 0.6 is 15.9 Å². The molecule has 0 amide bonds. The molecule has 0 unspecified atom stereocenters. The van der Waals surface area contributed by atoms with Crippen molar-refractivity contribution in [2.45, 2.75) is 13.5 Å². The van der Waals surface area contributed by atoms with E-state index >= 15 is 0 Å². The van der Waals surface area contributed by atoms with E-state index in [-0.39, 0.29) is 5.75 Å². The molecule has 0 aliphatic carbocycles. The fraction of sp³-hybridized carbons (Fsp3) is 0.182. The Labute approximate surface area is 101 Å². The van der Waals surface area contributed by atoms with Gasteiger partial charge in [0.25, 0.3) is 0 Å². The van der Waals surface area contributed by atoms with Gasteiger partial charge in [0.05, 0.1) is 4.47 Å². The van der Waals surface area contributed by atoms with Gasteiger partial charge in [-0.05, 0) is 34.5 Å². The number of hydrogen-bond donors (Lipinski definition) is 0. The lowest BCUT2D eigenvalue weighted by Crippen LogP contribution is -2.06. The van der Waals surface area contributed by atoms with Crippen LogP contribution in [0.5, 0.6) is 5.75 Å². The number of nitrogens with zero attached hydrogens (tertiary/aromatic N) is 1. The average molecular weight is 290 g/mol. The van der Waals surface area contributed by atoms with Crippen LogP contribution in [0.4, 0.5) is 8.78 Å². The standard InChI is InChI=1S/C11H10BrF2NO/c1-3-15-6-8-7(2)4-5-9(12)10(8)16-11(13)14/h3-6,11H,1H2,2H3. The number of hydrogen-bond acceptors (Lipinski definition) is 2. The molecule has 5 heteroatoms. The Morgan fingerprint density at radius 3 is 2.75 bits per heavy atom. The minimum atomic E-state index is -2.87. The summed E-state index contributed by atoms with van der Waals surface area (Å²) in [5, 5.41) is 0. The van der Waals surface area contributed by atoms with Crippen LogP contribution in [0.1, 0.15) is 11.1 Å². The molecule has 0 saturated heterocycles. The van der Waals surface area contributed by atoms with E-state index in [2.05, 4.69) is 32.2 Å². The van der Waals surface area contributed by atoms with Crippen molar-refractivity contribution in [2.75, 3.05) is 0 Å². The van der Waals surface area contributed by atoms with Gasteiger partial charge in [0, 0.05) is 18.0 Å². The van der Waals surface area contributed by atoms with Crippen LogP contribution < -0.4 is 4.74 Å². The van der Waals surface area contributed by atoms with Gasteiger partial charge in [-0.1, -0.05) is 12.6 Å². The Hall–Kier alpha value is -1.23. The molecule has 0 radical (unpaired) electrons. The van der Waals surface area contributed by atoms with E-state index in [1.165, 1.54) is 12.4 Å². The number of aryl methyl sites for hydroxylation is 1. The molecule has 0 heterocycles. The van der Waals surface area contributed by atoms with Gasteiger partial charge >= 0.3 is 6.61 Å². The van der Waals surface area contributed by atoms with Crippen LogP contribution in [-0.4, -0.2) is 12.8 Å². The third-order valence-electron chi connectivity index (χ3n) is 1.88. The van der Waals surface area contributed by atoms with Gasteiger partial charge in [-0.25, -0.2) is 0 Å². The number of rotatable bonds is 4. The van der Waals surface area contributed by atoms with E-state index in [0.29, 0.717) is 10.0 Å². The molecule has 0 N–H and O–H groups in total. The molecular formula is C11H10BrF2NO. The third kappa shape index (κ3) is 3.13. The van der Waals surface area contributed by atoms with Crippen LogP contribution in [0, 0.1) is 6.92 Å². The Bertz CT molecular complexity index is 419. The highest BCUT2D eigenvalue weighted by molar-refractivity contribution is 9.10. The number of ether oxygens (including phenoxy) is 1. The summed E-state index contributed by atoms with van der Waals surface area (Å²) >= 11 is 3.16. The van der Waals surface area contributed by atoms with Gasteiger partial charge in [-0.15, -0.1) is 0 Å². The van der Waals surface area contributed by atoms with Crippen molar-refractivity contribution in [1.82, 2.24) is 0 Å². The Morgan fingerprint density at radius 2 is 2.19 bits per heavy atom. The van der Waals surface area contributed by atoms with Crippen LogP contribution in [0.25, 0.3) is 0 Å². The molecule has 1 rings (SSSR count). The minimum absolute atomic E-state index is 0.0839. The summed E-state index contributed by atoms with van der Waals surface area (Å²) in [4.78, 5) is 3.81. The van der Waals surface area contributed by atoms with Crippen LogP contribution in [0.2, 0.25) is 0 Å². The normalized spacial score (nSPS) is 11.1. The van der Waals surface area contributed by atoms with Gasteiger partial charge in [0.2, 0.25) is 0 Å². The highest BCUT2D eigenvalue weighted by Gasteiger charge is 2.14. The number of alkyl halides is 2. The lowest BCUT2D eigenvalue weighted by atomic mass is 10.1. The first-order valence-corrected chi connectivity index (χ1v) is 5.23. The van der Waals surface area contributed by atoms with Gasteiger partial charge in [-0.3, -0.25) is 4.99 Å². The molecule has 1 aromatic rings. The van der Waals surface area contributed by atoms with E-state index < -0.39 is 6.61 Å². The summed E-state index contributed by atoms with van der Waals surface area (Å²) in [7, 11) is 0. The molecule has 2 nitrogen and oxygen atoms in total. The third-order valence-corrected chi connectivity index (χ3v) is 2.51.